The average molecular weight is 309 g/mol. The van der Waals surface area contributed by atoms with Crippen LogP contribution >= 0.6 is 0 Å². The lowest BCUT2D eigenvalue weighted by Gasteiger charge is -2.21. The van der Waals surface area contributed by atoms with Crippen molar-refractivity contribution in [3.63, 3.8) is 0 Å². The van der Waals surface area contributed by atoms with Gasteiger partial charge in [0.05, 0.1) is 11.4 Å². The first-order valence-electron chi connectivity index (χ1n) is 7.70. The Kier molecular flexibility index (Phi) is 4.28. The van der Waals surface area contributed by atoms with E-state index in [-0.39, 0.29) is 5.91 Å². The molecule has 0 unspecified atom stereocenters. The Bertz CT molecular complexity index is 719. The Balaban J connectivity index is 1.78. The molecule has 0 spiro atoms. The zero-order valence-corrected chi connectivity index (χ0v) is 12.8. The largest absolute Gasteiger partial charge is 0.370 e. The van der Waals surface area contributed by atoms with Crippen LogP contribution in [0.5, 0.6) is 0 Å². The number of nitrogens with two attached hydrogens (primary N) is 1. The number of nitrogens with zero attached hydrogens (tertiary/aromatic N) is 1. The Morgan fingerprint density at radius 3 is 2.17 bits per heavy atom. The summed E-state index contributed by atoms with van der Waals surface area (Å²) in [5.74, 6) is -0.705. The molecule has 3 rings (SSSR count). The van der Waals surface area contributed by atoms with E-state index in [1.807, 2.05) is 24.3 Å². The topological polar surface area (TPSA) is 75.4 Å². The van der Waals surface area contributed by atoms with Crippen LogP contribution in [0.25, 0.3) is 0 Å². The summed E-state index contributed by atoms with van der Waals surface area (Å²) in [6.07, 6.45) is 2.35. The van der Waals surface area contributed by atoms with Gasteiger partial charge in [0.1, 0.15) is 0 Å². The molecule has 1 aliphatic rings. The van der Waals surface area contributed by atoms with Crippen LogP contribution in [0.4, 0.5) is 11.4 Å². The molecule has 3 N–H and O–H groups in total. The molecule has 0 radical (unpaired) electrons. The third-order valence-electron chi connectivity index (χ3n) is 4.03. The maximum Gasteiger partial charge on any atom is 0.255 e. The molecule has 118 valence electrons. The number of carbonyl (C=O) groups excluding carboxylic acids is 2. The Morgan fingerprint density at radius 2 is 1.52 bits per heavy atom. The first-order valence-corrected chi connectivity index (χ1v) is 7.70. The van der Waals surface area contributed by atoms with Crippen LogP contribution < -0.4 is 16.0 Å². The molecule has 0 aliphatic carbocycles. The molecule has 0 saturated carbocycles. The summed E-state index contributed by atoms with van der Waals surface area (Å²) >= 11 is 0. The Morgan fingerprint density at radius 1 is 0.913 bits per heavy atom. The number of rotatable bonds is 4. The number of primary amides is 1. The van der Waals surface area contributed by atoms with Gasteiger partial charge >= 0.3 is 0 Å². The van der Waals surface area contributed by atoms with Crippen molar-refractivity contribution < 1.29 is 9.59 Å². The van der Waals surface area contributed by atoms with E-state index in [4.69, 9.17) is 5.73 Å². The van der Waals surface area contributed by atoms with Crippen molar-refractivity contribution in [3.05, 3.63) is 59.7 Å². The molecule has 1 saturated heterocycles. The molecule has 2 aromatic carbocycles. The van der Waals surface area contributed by atoms with Gasteiger partial charge in [-0.3, -0.25) is 9.59 Å². The molecule has 2 aromatic rings. The second-order valence-corrected chi connectivity index (χ2v) is 5.61. The van der Waals surface area contributed by atoms with Crippen molar-refractivity contribution in [2.24, 2.45) is 5.73 Å². The van der Waals surface area contributed by atoms with E-state index in [1.165, 1.54) is 12.8 Å². The summed E-state index contributed by atoms with van der Waals surface area (Å²) in [4.78, 5) is 25.8. The van der Waals surface area contributed by atoms with Gasteiger partial charge in [0.15, 0.2) is 0 Å². The minimum Gasteiger partial charge on any atom is -0.370 e. The standard InChI is InChI=1S/C18H19N3O2/c19-17(22)13-7-9-14(10-8-13)18(23)20-15-5-1-2-6-16(15)21-11-3-4-12-21/h1-2,5-10H,3-4,11-12H2,(H2,19,22)(H,20,23). The first kappa shape index (κ1) is 15.1. The quantitative estimate of drug-likeness (QED) is 0.911. The van der Waals surface area contributed by atoms with Crippen molar-refractivity contribution >= 4 is 23.2 Å². The highest BCUT2D eigenvalue weighted by molar-refractivity contribution is 6.06. The van der Waals surface area contributed by atoms with Crippen LogP contribution in [0.3, 0.4) is 0 Å². The predicted molar refractivity (Wildman–Crippen MR) is 90.8 cm³/mol. The third kappa shape index (κ3) is 3.34. The molecule has 0 aromatic heterocycles. The van der Waals surface area contributed by atoms with Gasteiger partial charge in [-0.05, 0) is 49.2 Å². The van der Waals surface area contributed by atoms with Gasteiger partial charge < -0.3 is 16.0 Å². The number of hydrogen-bond donors (Lipinski definition) is 2. The summed E-state index contributed by atoms with van der Waals surface area (Å²) in [5.41, 5.74) is 7.94. The SMILES string of the molecule is NC(=O)c1ccc(C(=O)Nc2ccccc2N2CCCC2)cc1. The Hall–Kier alpha value is -2.82. The first-order chi connectivity index (χ1) is 11.1. The zero-order chi connectivity index (χ0) is 16.2. The Labute approximate surface area is 135 Å². The van der Waals surface area contributed by atoms with Crippen LogP contribution in [0.2, 0.25) is 0 Å². The van der Waals surface area contributed by atoms with Crippen LogP contribution in [0, 0.1) is 0 Å². The minimum atomic E-state index is -0.503. The summed E-state index contributed by atoms with van der Waals surface area (Å²) in [6, 6.07) is 14.1. The van der Waals surface area contributed by atoms with Crippen LogP contribution in [-0.2, 0) is 0 Å². The maximum absolute atomic E-state index is 12.4. The zero-order valence-electron chi connectivity index (χ0n) is 12.8. The lowest BCUT2D eigenvalue weighted by Crippen LogP contribution is -2.21. The molecule has 5 nitrogen and oxygen atoms in total. The van der Waals surface area contributed by atoms with E-state index in [0.29, 0.717) is 11.1 Å². The molecule has 1 aliphatic heterocycles. The highest BCUT2D eigenvalue weighted by Crippen LogP contribution is 2.28. The average Bonchev–Trinajstić information content (AvgIpc) is 3.09. The van der Waals surface area contributed by atoms with Crippen LogP contribution in [-0.4, -0.2) is 24.9 Å². The molecular weight excluding hydrogens is 290 g/mol. The molecule has 1 heterocycles. The van der Waals surface area contributed by atoms with Crippen molar-refractivity contribution in [2.75, 3.05) is 23.3 Å². The van der Waals surface area contributed by atoms with Gasteiger partial charge in [-0.1, -0.05) is 12.1 Å². The summed E-state index contributed by atoms with van der Waals surface area (Å²) in [7, 11) is 0. The van der Waals surface area contributed by atoms with Gasteiger partial charge in [-0.25, -0.2) is 0 Å². The fraction of sp³-hybridized carbons (Fsp3) is 0.222. The number of amides is 2. The smallest absolute Gasteiger partial charge is 0.255 e. The summed E-state index contributed by atoms with van der Waals surface area (Å²) in [5, 5.41) is 2.96. The van der Waals surface area contributed by atoms with E-state index in [2.05, 4.69) is 10.2 Å². The lowest BCUT2D eigenvalue weighted by atomic mass is 10.1. The second-order valence-electron chi connectivity index (χ2n) is 5.61. The number of nitrogens with one attached hydrogen (secondary N) is 1. The molecular formula is C18H19N3O2. The number of benzene rings is 2. The predicted octanol–water partition coefficient (Wildman–Crippen LogP) is 2.64. The van der Waals surface area contributed by atoms with E-state index in [0.717, 1.165) is 24.5 Å². The number of anilines is 2. The highest BCUT2D eigenvalue weighted by atomic mass is 16.2. The number of carbonyl (C=O) groups is 2. The lowest BCUT2D eigenvalue weighted by molar-refractivity contribution is 0.0995. The van der Waals surface area contributed by atoms with Crippen molar-refractivity contribution in [3.8, 4) is 0 Å². The second kappa shape index (κ2) is 6.52. The van der Waals surface area contributed by atoms with E-state index in [9.17, 15) is 9.59 Å². The van der Waals surface area contributed by atoms with Gasteiger partial charge in [-0.2, -0.15) is 0 Å². The highest BCUT2D eigenvalue weighted by Gasteiger charge is 2.17. The van der Waals surface area contributed by atoms with Crippen molar-refractivity contribution in [1.29, 1.82) is 0 Å². The van der Waals surface area contributed by atoms with E-state index >= 15 is 0 Å². The van der Waals surface area contributed by atoms with Gasteiger partial charge in [0.25, 0.3) is 5.91 Å². The molecule has 23 heavy (non-hydrogen) atoms. The maximum atomic E-state index is 12.4. The minimum absolute atomic E-state index is 0.201. The fourth-order valence-electron chi connectivity index (χ4n) is 2.79. The molecule has 1 fully saturated rings. The molecule has 0 bridgehead atoms. The normalized spacial score (nSPS) is 13.8. The van der Waals surface area contributed by atoms with E-state index < -0.39 is 5.91 Å². The van der Waals surface area contributed by atoms with Crippen LogP contribution in [0.1, 0.15) is 33.6 Å². The fourth-order valence-corrected chi connectivity index (χ4v) is 2.79. The number of para-hydroxylation sites is 2. The van der Waals surface area contributed by atoms with E-state index in [1.54, 1.807) is 24.3 Å². The molecule has 5 heteroatoms. The van der Waals surface area contributed by atoms with Gasteiger partial charge in [-0.15, -0.1) is 0 Å². The monoisotopic (exact) mass is 309 g/mol. The van der Waals surface area contributed by atoms with Crippen molar-refractivity contribution in [1.82, 2.24) is 0 Å². The van der Waals surface area contributed by atoms with Gasteiger partial charge in [0, 0.05) is 24.2 Å². The third-order valence-corrected chi connectivity index (χ3v) is 4.03. The summed E-state index contributed by atoms with van der Waals surface area (Å²) < 4.78 is 0. The van der Waals surface area contributed by atoms with Crippen LogP contribution in [0.15, 0.2) is 48.5 Å². The molecule has 0 atom stereocenters. The molecule has 2 amide bonds. The summed E-state index contributed by atoms with van der Waals surface area (Å²) in [6.45, 7) is 2.03. The van der Waals surface area contributed by atoms with Gasteiger partial charge in [0.2, 0.25) is 5.91 Å². The van der Waals surface area contributed by atoms with Crippen molar-refractivity contribution in [2.45, 2.75) is 12.8 Å². The number of hydrogen-bond acceptors (Lipinski definition) is 3.